The van der Waals surface area contributed by atoms with E-state index in [2.05, 4.69) is 10.2 Å². The lowest BCUT2D eigenvalue weighted by Crippen LogP contribution is -2.39. The third kappa shape index (κ3) is 3.01. The lowest BCUT2D eigenvalue weighted by atomic mass is 10.1. The van der Waals surface area contributed by atoms with Crippen LogP contribution in [0.4, 0.5) is 0 Å². The standard InChI is InChI=1S/C9H15N3O4/c1-6-4-8(14)12(9(6)15)3-2-11-7(13)5-16-10/h6H,2-5,10H2,1H3,(H,11,13). The van der Waals surface area contributed by atoms with Crippen molar-refractivity contribution < 1.29 is 19.2 Å². The SMILES string of the molecule is CC1CC(=O)N(CCNC(=O)CON)C1=O. The molecule has 1 aliphatic heterocycles. The van der Waals surface area contributed by atoms with Crippen LogP contribution in [0, 0.1) is 5.92 Å². The molecule has 1 heterocycles. The first-order chi connectivity index (χ1) is 7.56. The van der Waals surface area contributed by atoms with Gasteiger partial charge < -0.3 is 5.32 Å². The van der Waals surface area contributed by atoms with Crippen LogP contribution in [0.3, 0.4) is 0 Å². The van der Waals surface area contributed by atoms with Crippen LogP contribution < -0.4 is 11.2 Å². The quantitative estimate of drug-likeness (QED) is 0.436. The van der Waals surface area contributed by atoms with Gasteiger partial charge in [-0.15, -0.1) is 0 Å². The minimum atomic E-state index is -0.380. The molecule has 1 fully saturated rings. The van der Waals surface area contributed by atoms with E-state index in [-0.39, 0.29) is 49.8 Å². The first-order valence-electron chi connectivity index (χ1n) is 4.99. The van der Waals surface area contributed by atoms with Gasteiger partial charge in [0, 0.05) is 25.4 Å². The topological polar surface area (TPSA) is 102 Å². The summed E-state index contributed by atoms with van der Waals surface area (Å²) in [5.41, 5.74) is 0. The minimum Gasteiger partial charge on any atom is -0.352 e. The number of amides is 3. The number of nitrogens with one attached hydrogen (secondary N) is 1. The first kappa shape index (κ1) is 12.6. The van der Waals surface area contributed by atoms with Crippen molar-refractivity contribution in [3.05, 3.63) is 0 Å². The summed E-state index contributed by atoms with van der Waals surface area (Å²) in [6.45, 7) is 1.88. The van der Waals surface area contributed by atoms with Crippen molar-refractivity contribution in [3.8, 4) is 0 Å². The van der Waals surface area contributed by atoms with E-state index in [9.17, 15) is 14.4 Å². The van der Waals surface area contributed by atoms with Crippen molar-refractivity contribution in [1.29, 1.82) is 0 Å². The molecule has 16 heavy (non-hydrogen) atoms. The number of nitrogens with zero attached hydrogens (tertiary/aromatic N) is 1. The summed E-state index contributed by atoms with van der Waals surface area (Å²) < 4.78 is 0. The van der Waals surface area contributed by atoms with Crippen LogP contribution >= 0.6 is 0 Å². The molecule has 1 unspecified atom stereocenters. The Morgan fingerprint density at radius 3 is 2.81 bits per heavy atom. The number of carbonyl (C=O) groups excluding carboxylic acids is 3. The molecule has 7 heteroatoms. The van der Waals surface area contributed by atoms with Crippen molar-refractivity contribution in [2.45, 2.75) is 13.3 Å². The zero-order chi connectivity index (χ0) is 12.1. The van der Waals surface area contributed by atoms with Crippen LogP contribution in [0.2, 0.25) is 0 Å². The van der Waals surface area contributed by atoms with Crippen LogP contribution in [0.25, 0.3) is 0 Å². The zero-order valence-corrected chi connectivity index (χ0v) is 9.06. The van der Waals surface area contributed by atoms with Gasteiger partial charge in [0.25, 0.3) is 0 Å². The van der Waals surface area contributed by atoms with Gasteiger partial charge in [0.15, 0.2) is 0 Å². The molecular weight excluding hydrogens is 214 g/mol. The third-order valence-corrected chi connectivity index (χ3v) is 2.34. The van der Waals surface area contributed by atoms with Gasteiger partial charge in [0.2, 0.25) is 17.7 Å². The van der Waals surface area contributed by atoms with Gasteiger partial charge in [-0.3, -0.25) is 24.1 Å². The van der Waals surface area contributed by atoms with E-state index >= 15 is 0 Å². The monoisotopic (exact) mass is 229 g/mol. The lowest BCUT2D eigenvalue weighted by Gasteiger charge is -2.14. The Labute approximate surface area is 92.9 Å². The Bertz CT molecular complexity index is 305. The normalized spacial score (nSPS) is 20.4. The second-order valence-corrected chi connectivity index (χ2v) is 3.65. The van der Waals surface area contributed by atoms with Crippen LogP contribution in [0.5, 0.6) is 0 Å². The second-order valence-electron chi connectivity index (χ2n) is 3.65. The second kappa shape index (κ2) is 5.57. The first-order valence-corrected chi connectivity index (χ1v) is 4.99. The van der Waals surface area contributed by atoms with Gasteiger partial charge in [-0.25, -0.2) is 5.90 Å². The molecule has 1 atom stereocenters. The number of imide groups is 1. The average molecular weight is 229 g/mol. The summed E-state index contributed by atoms with van der Waals surface area (Å²) >= 11 is 0. The number of hydrogen-bond acceptors (Lipinski definition) is 5. The Balaban J connectivity index is 2.30. The van der Waals surface area contributed by atoms with Crippen LogP contribution in [0.15, 0.2) is 0 Å². The van der Waals surface area contributed by atoms with Crippen LogP contribution in [0.1, 0.15) is 13.3 Å². The molecule has 1 saturated heterocycles. The summed E-state index contributed by atoms with van der Waals surface area (Å²) in [5, 5.41) is 2.48. The number of rotatable bonds is 5. The summed E-state index contributed by atoms with van der Waals surface area (Å²) in [4.78, 5) is 39.0. The number of nitrogens with two attached hydrogens (primary N) is 1. The molecule has 0 radical (unpaired) electrons. The molecule has 7 nitrogen and oxygen atoms in total. The van der Waals surface area contributed by atoms with Crippen molar-refractivity contribution in [1.82, 2.24) is 10.2 Å². The fourth-order valence-electron chi connectivity index (χ4n) is 1.52. The van der Waals surface area contributed by atoms with E-state index in [0.717, 1.165) is 4.90 Å². The Morgan fingerprint density at radius 1 is 1.62 bits per heavy atom. The van der Waals surface area contributed by atoms with Gasteiger partial charge in [-0.05, 0) is 0 Å². The number of hydrogen-bond donors (Lipinski definition) is 2. The third-order valence-electron chi connectivity index (χ3n) is 2.34. The van der Waals surface area contributed by atoms with E-state index in [1.807, 2.05) is 0 Å². The van der Waals surface area contributed by atoms with Crippen molar-refractivity contribution >= 4 is 17.7 Å². The minimum absolute atomic E-state index is 0.186. The Kier molecular flexibility index (Phi) is 4.39. The molecule has 0 aromatic carbocycles. The van der Waals surface area contributed by atoms with Crippen molar-refractivity contribution in [3.63, 3.8) is 0 Å². The molecule has 0 aromatic heterocycles. The van der Waals surface area contributed by atoms with E-state index in [1.54, 1.807) is 6.92 Å². The smallest absolute Gasteiger partial charge is 0.248 e. The summed E-state index contributed by atoms with van der Waals surface area (Å²) in [6.07, 6.45) is 0.249. The fourth-order valence-corrected chi connectivity index (χ4v) is 1.52. The zero-order valence-electron chi connectivity index (χ0n) is 9.06. The average Bonchev–Trinajstić information content (AvgIpc) is 2.45. The van der Waals surface area contributed by atoms with E-state index < -0.39 is 0 Å². The molecule has 90 valence electrons. The molecule has 3 N–H and O–H groups in total. The van der Waals surface area contributed by atoms with E-state index in [4.69, 9.17) is 5.90 Å². The lowest BCUT2D eigenvalue weighted by molar-refractivity contribution is -0.139. The summed E-state index contributed by atoms with van der Waals surface area (Å²) in [6, 6.07) is 0. The molecule has 1 aliphatic rings. The molecule has 0 aliphatic carbocycles. The highest BCUT2D eigenvalue weighted by Crippen LogP contribution is 2.17. The highest BCUT2D eigenvalue weighted by Gasteiger charge is 2.34. The van der Waals surface area contributed by atoms with Gasteiger partial charge in [0.05, 0.1) is 0 Å². The van der Waals surface area contributed by atoms with Crippen molar-refractivity contribution in [2.24, 2.45) is 11.8 Å². The molecule has 1 rings (SSSR count). The van der Waals surface area contributed by atoms with Crippen molar-refractivity contribution in [2.75, 3.05) is 19.7 Å². The fraction of sp³-hybridized carbons (Fsp3) is 0.667. The molecule has 3 amide bonds. The van der Waals surface area contributed by atoms with E-state index in [0.29, 0.717) is 0 Å². The molecular formula is C9H15N3O4. The predicted octanol–water partition coefficient (Wildman–Crippen LogP) is -1.61. The Morgan fingerprint density at radius 2 is 2.31 bits per heavy atom. The maximum absolute atomic E-state index is 11.5. The molecule has 0 bridgehead atoms. The number of likely N-dealkylation sites (tertiary alicyclic amines) is 1. The molecule has 0 aromatic rings. The number of carbonyl (C=O) groups is 3. The highest BCUT2D eigenvalue weighted by molar-refractivity contribution is 6.03. The largest absolute Gasteiger partial charge is 0.352 e. The predicted molar refractivity (Wildman–Crippen MR) is 53.7 cm³/mol. The molecule has 0 saturated carbocycles. The maximum atomic E-state index is 11.5. The Hall–Kier alpha value is -1.47. The summed E-state index contributed by atoms with van der Waals surface area (Å²) in [5.74, 6) is 3.69. The van der Waals surface area contributed by atoms with Crippen LogP contribution in [-0.4, -0.2) is 42.3 Å². The van der Waals surface area contributed by atoms with Gasteiger partial charge in [-0.1, -0.05) is 6.92 Å². The maximum Gasteiger partial charge on any atom is 0.248 e. The van der Waals surface area contributed by atoms with Gasteiger partial charge >= 0.3 is 0 Å². The van der Waals surface area contributed by atoms with Gasteiger partial charge in [-0.2, -0.15) is 0 Å². The summed E-state index contributed by atoms with van der Waals surface area (Å²) in [7, 11) is 0. The highest BCUT2D eigenvalue weighted by atomic mass is 16.6. The molecule has 0 spiro atoms. The van der Waals surface area contributed by atoms with Gasteiger partial charge in [0.1, 0.15) is 6.61 Å². The van der Waals surface area contributed by atoms with E-state index in [1.165, 1.54) is 0 Å². The van der Waals surface area contributed by atoms with Crippen LogP contribution in [-0.2, 0) is 19.2 Å².